The maximum Gasteiger partial charge on any atom is 0.133 e. The summed E-state index contributed by atoms with van der Waals surface area (Å²) >= 11 is 3.53. The van der Waals surface area contributed by atoms with E-state index in [0.717, 1.165) is 29.1 Å². The molecule has 1 heterocycles. The maximum atomic E-state index is 5.23. The summed E-state index contributed by atoms with van der Waals surface area (Å²) in [6.45, 7) is 2.34. The quantitative estimate of drug-likeness (QED) is 0.921. The number of nitrogens with one attached hydrogen (secondary N) is 1. The van der Waals surface area contributed by atoms with Crippen LogP contribution < -0.4 is 10.1 Å². The van der Waals surface area contributed by atoms with E-state index in [-0.39, 0.29) is 0 Å². The first-order valence-electron chi connectivity index (χ1n) is 5.82. The molecular formula is C13H18BrNO. The fraction of sp³-hybridized carbons (Fsp3) is 0.538. The van der Waals surface area contributed by atoms with Crippen LogP contribution in [0.1, 0.15) is 18.4 Å². The predicted octanol–water partition coefficient (Wildman–Crippen LogP) is 3.00. The minimum atomic E-state index is 0.786. The highest BCUT2D eigenvalue weighted by molar-refractivity contribution is 9.10. The molecule has 1 aromatic rings. The third-order valence-electron chi connectivity index (χ3n) is 3.14. The van der Waals surface area contributed by atoms with Gasteiger partial charge in [-0.1, -0.05) is 6.07 Å². The fourth-order valence-corrected chi connectivity index (χ4v) is 2.86. The van der Waals surface area contributed by atoms with Gasteiger partial charge in [0.05, 0.1) is 11.6 Å². The van der Waals surface area contributed by atoms with Gasteiger partial charge in [-0.25, -0.2) is 0 Å². The molecule has 0 aliphatic carbocycles. The monoisotopic (exact) mass is 283 g/mol. The molecule has 16 heavy (non-hydrogen) atoms. The van der Waals surface area contributed by atoms with Crippen molar-refractivity contribution in [2.24, 2.45) is 5.92 Å². The number of rotatable bonds is 3. The molecule has 1 saturated heterocycles. The molecule has 0 bridgehead atoms. The molecule has 88 valence electrons. The van der Waals surface area contributed by atoms with E-state index in [1.165, 1.54) is 24.9 Å². The van der Waals surface area contributed by atoms with Crippen LogP contribution in [0, 0.1) is 5.92 Å². The van der Waals surface area contributed by atoms with E-state index < -0.39 is 0 Å². The maximum absolute atomic E-state index is 5.23. The number of hydrogen-bond donors (Lipinski definition) is 1. The Morgan fingerprint density at radius 3 is 3.00 bits per heavy atom. The van der Waals surface area contributed by atoms with Gasteiger partial charge in [0, 0.05) is 0 Å². The number of benzene rings is 1. The smallest absolute Gasteiger partial charge is 0.133 e. The molecule has 1 fully saturated rings. The lowest BCUT2D eigenvalue weighted by atomic mass is 9.92. The van der Waals surface area contributed by atoms with Gasteiger partial charge in [-0.05, 0) is 71.9 Å². The van der Waals surface area contributed by atoms with Gasteiger partial charge in [0.2, 0.25) is 0 Å². The standard InChI is InChI=1S/C13H18BrNO/c1-16-13-5-4-10(8-12(13)14)7-11-3-2-6-15-9-11/h4-5,8,11,15H,2-3,6-7,9H2,1H3. The highest BCUT2D eigenvalue weighted by atomic mass is 79.9. The van der Waals surface area contributed by atoms with Gasteiger partial charge in [0.25, 0.3) is 0 Å². The second-order valence-electron chi connectivity index (χ2n) is 4.39. The van der Waals surface area contributed by atoms with Gasteiger partial charge in [-0.2, -0.15) is 0 Å². The molecular weight excluding hydrogens is 266 g/mol. The predicted molar refractivity (Wildman–Crippen MR) is 70.0 cm³/mol. The molecule has 1 aromatic carbocycles. The zero-order valence-electron chi connectivity index (χ0n) is 9.63. The molecule has 0 saturated carbocycles. The van der Waals surface area contributed by atoms with Gasteiger partial charge in [-0.15, -0.1) is 0 Å². The Balaban J connectivity index is 2.01. The highest BCUT2D eigenvalue weighted by Crippen LogP contribution is 2.27. The zero-order valence-corrected chi connectivity index (χ0v) is 11.2. The van der Waals surface area contributed by atoms with Gasteiger partial charge < -0.3 is 10.1 Å². The lowest BCUT2D eigenvalue weighted by Gasteiger charge is -2.22. The van der Waals surface area contributed by atoms with Crippen LogP contribution in [0.3, 0.4) is 0 Å². The van der Waals surface area contributed by atoms with Gasteiger partial charge in [0.15, 0.2) is 0 Å². The van der Waals surface area contributed by atoms with E-state index >= 15 is 0 Å². The van der Waals surface area contributed by atoms with Crippen LogP contribution in [0.15, 0.2) is 22.7 Å². The van der Waals surface area contributed by atoms with Crippen molar-refractivity contribution >= 4 is 15.9 Å². The molecule has 2 nitrogen and oxygen atoms in total. The first-order valence-corrected chi connectivity index (χ1v) is 6.62. The molecule has 0 spiro atoms. The Bertz CT molecular complexity index is 348. The number of halogens is 1. The zero-order chi connectivity index (χ0) is 11.4. The molecule has 1 atom stereocenters. The van der Waals surface area contributed by atoms with Crippen molar-refractivity contribution in [3.8, 4) is 5.75 Å². The third kappa shape index (κ3) is 2.98. The topological polar surface area (TPSA) is 21.3 Å². The Morgan fingerprint density at radius 1 is 1.50 bits per heavy atom. The molecule has 0 amide bonds. The van der Waals surface area contributed by atoms with Crippen molar-refractivity contribution in [2.45, 2.75) is 19.3 Å². The molecule has 3 heteroatoms. The SMILES string of the molecule is COc1ccc(CC2CCCNC2)cc1Br. The van der Waals surface area contributed by atoms with E-state index in [1.807, 2.05) is 6.07 Å². The van der Waals surface area contributed by atoms with Crippen LogP contribution in [-0.4, -0.2) is 20.2 Å². The third-order valence-corrected chi connectivity index (χ3v) is 3.76. The van der Waals surface area contributed by atoms with Crippen molar-refractivity contribution in [3.05, 3.63) is 28.2 Å². The Kier molecular flexibility index (Phi) is 4.24. The normalized spacial score (nSPS) is 20.8. The van der Waals surface area contributed by atoms with Crippen molar-refractivity contribution in [2.75, 3.05) is 20.2 Å². The average Bonchev–Trinajstić information content (AvgIpc) is 2.31. The number of piperidine rings is 1. The summed E-state index contributed by atoms with van der Waals surface area (Å²) in [5.74, 6) is 1.69. The largest absolute Gasteiger partial charge is 0.496 e. The van der Waals surface area contributed by atoms with Gasteiger partial charge in [0.1, 0.15) is 5.75 Å². The van der Waals surface area contributed by atoms with E-state index in [1.54, 1.807) is 7.11 Å². The Hall–Kier alpha value is -0.540. The van der Waals surface area contributed by atoms with Crippen LogP contribution in [-0.2, 0) is 6.42 Å². The first-order chi connectivity index (χ1) is 7.79. The van der Waals surface area contributed by atoms with E-state index in [2.05, 4.69) is 33.4 Å². The summed E-state index contributed by atoms with van der Waals surface area (Å²) in [5.41, 5.74) is 1.39. The minimum absolute atomic E-state index is 0.786. The number of ether oxygens (including phenoxy) is 1. The Labute approximate surface area is 106 Å². The fourth-order valence-electron chi connectivity index (χ4n) is 2.27. The van der Waals surface area contributed by atoms with Crippen molar-refractivity contribution in [1.82, 2.24) is 5.32 Å². The van der Waals surface area contributed by atoms with Crippen LogP contribution >= 0.6 is 15.9 Å². The van der Waals surface area contributed by atoms with E-state index in [4.69, 9.17) is 4.74 Å². The molecule has 2 rings (SSSR count). The van der Waals surface area contributed by atoms with Crippen molar-refractivity contribution in [3.63, 3.8) is 0 Å². The van der Waals surface area contributed by atoms with Gasteiger partial charge >= 0.3 is 0 Å². The van der Waals surface area contributed by atoms with Crippen LogP contribution in [0.25, 0.3) is 0 Å². The lowest BCUT2D eigenvalue weighted by molar-refractivity contribution is 0.375. The summed E-state index contributed by atoms with van der Waals surface area (Å²) in [6.07, 6.45) is 3.81. The summed E-state index contributed by atoms with van der Waals surface area (Å²) in [7, 11) is 1.70. The second-order valence-corrected chi connectivity index (χ2v) is 5.24. The number of methoxy groups -OCH3 is 1. The summed E-state index contributed by atoms with van der Waals surface area (Å²) in [5, 5.41) is 3.46. The van der Waals surface area contributed by atoms with E-state index in [0.29, 0.717) is 0 Å². The molecule has 1 aliphatic heterocycles. The minimum Gasteiger partial charge on any atom is -0.496 e. The summed E-state index contributed by atoms with van der Waals surface area (Å²) in [6, 6.07) is 6.38. The molecule has 0 radical (unpaired) electrons. The molecule has 0 aromatic heterocycles. The lowest BCUT2D eigenvalue weighted by Crippen LogP contribution is -2.30. The van der Waals surface area contributed by atoms with Gasteiger partial charge in [-0.3, -0.25) is 0 Å². The van der Waals surface area contributed by atoms with Crippen LogP contribution in [0.5, 0.6) is 5.75 Å². The molecule has 1 unspecified atom stereocenters. The molecule has 1 aliphatic rings. The second kappa shape index (κ2) is 5.69. The summed E-state index contributed by atoms with van der Waals surface area (Å²) in [4.78, 5) is 0. The van der Waals surface area contributed by atoms with E-state index in [9.17, 15) is 0 Å². The Morgan fingerprint density at radius 2 is 2.38 bits per heavy atom. The number of hydrogen-bond acceptors (Lipinski definition) is 2. The molecule has 1 N–H and O–H groups in total. The first kappa shape index (κ1) is 11.9. The highest BCUT2D eigenvalue weighted by Gasteiger charge is 2.13. The summed E-state index contributed by atoms with van der Waals surface area (Å²) < 4.78 is 6.28. The van der Waals surface area contributed by atoms with Crippen molar-refractivity contribution < 1.29 is 4.74 Å². The van der Waals surface area contributed by atoms with Crippen LogP contribution in [0.2, 0.25) is 0 Å². The van der Waals surface area contributed by atoms with Crippen molar-refractivity contribution in [1.29, 1.82) is 0 Å². The average molecular weight is 284 g/mol. The van der Waals surface area contributed by atoms with Crippen LogP contribution in [0.4, 0.5) is 0 Å².